The van der Waals surface area contributed by atoms with Crippen molar-refractivity contribution in [2.24, 2.45) is 5.41 Å². The van der Waals surface area contributed by atoms with E-state index in [0.29, 0.717) is 0 Å². The monoisotopic (exact) mass is 189 g/mol. The number of nitrogens with zero attached hydrogens (tertiary/aromatic N) is 1. The maximum Gasteiger partial charge on any atom is 0.306 e. The Balaban J connectivity index is 4.23. The molecule has 0 aliphatic heterocycles. The van der Waals surface area contributed by atoms with Crippen LogP contribution in [0.4, 0.5) is 0 Å². The number of esters is 1. The molecule has 0 aromatic rings. The van der Waals surface area contributed by atoms with Crippen molar-refractivity contribution >= 4 is 17.6 Å². The molecule has 0 fully saturated rings. The number of carbonyl (C=O) groups excluding carboxylic acids is 1. The number of hydrogen-bond donors (Lipinski definition) is 0. The number of rotatable bonds is 3. The lowest BCUT2D eigenvalue weighted by atomic mass is 9.86. The SMILES string of the molecule is COC(=O)CC(C)(C)C(Cl)C#N. The zero-order chi connectivity index (χ0) is 9.78. The quantitative estimate of drug-likeness (QED) is 0.502. The summed E-state index contributed by atoms with van der Waals surface area (Å²) in [5, 5.41) is 7.85. The van der Waals surface area contributed by atoms with Crippen molar-refractivity contribution in [3.8, 4) is 6.07 Å². The fraction of sp³-hybridized carbons (Fsp3) is 0.750. The number of hydrogen-bond acceptors (Lipinski definition) is 3. The molecular weight excluding hydrogens is 178 g/mol. The van der Waals surface area contributed by atoms with Gasteiger partial charge in [-0.1, -0.05) is 13.8 Å². The average Bonchev–Trinajstić information content (AvgIpc) is 2.02. The summed E-state index contributed by atoms with van der Waals surface area (Å²) in [4.78, 5) is 10.9. The first-order valence-corrected chi connectivity index (χ1v) is 3.98. The molecule has 68 valence electrons. The topological polar surface area (TPSA) is 50.1 Å². The first kappa shape index (κ1) is 11.2. The molecule has 0 aromatic carbocycles. The second-order valence-corrected chi connectivity index (χ2v) is 3.67. The normalized spacial score (nSPS) is 13.2. The summed E-state index contributed by atoms with van der Waals surface area (Å²) in [6, 6.07) is 1.89. The fourth-order valence-corrected chi connectivity index (χ4v) is 0.786. The van der Waals surface area contributed by atoms with Crippen molar-refractivity contribution < 1.29 is 9.53 Å². The Bertz CT molecular complexity index is 208. The minimum absolute atomic E-state index is 0.158. The molecule has 0 aliphatic rings. The number of methoxy groups -OCH3 is 1. The van der Waals surface area contributed by atoms with Gasteiger partial charge in [-0.15, -0.1) is 11.6 Å². The number of alkyl halides is 1. The molecule has 0 bridgehead atoms. The van der Waals surface area contributed by atoms with Crippen LogP contribution in [0.15, 0.2) is 0 Å². The van der Waals surface area contributed by atoms with Gasteiger partial charge < -0.3 is 4.74 Å². The average molecular weight is 190 g/mol. The number of halogens is 1. The van der Waals surface area contributed by atoms with Gasteiger partial charge in [-0.25, -0.2) is 0 Å². The van der Waals surface area contributed by atoms with Gasteiger partial charge in [0.15, 0.2) is 0 Å². The molecule has 12 heavy (non-hydrogen) atoms. The van der Waals surface area contributed by atoms with Crippen molar-refractivity contribution in [1.82, 2.24) is 0 Å². The third-order valence-corrected chi connectivity index (χ3v) is 2.32. The van der Waals surface area contributed by atoms with Crippen molar-refractivity contribution in [3.05, 3.63) is 0 Å². The minimum Gasteiger partial charge on any atom is -0.469 e. The van der Waals surface area contributed by atoms with Crippen LogP contribution in [0.1, 0.15) is 20.3 Å². The van der Waals surface area contributed by atoms with E-state index in [1.54, 1.807) is 13.8 Å². The van der Waals surface area contributed by atoms with Crippen LogP contribution in [-0.2, 0) is 9.53 Å². The Morgan fingerprint density at radius 3 is 2.58 bits per heavy atom. The number of nitriles is 1. The van der Waals surface area contributed by atoms with E-state index >= 15 is 0 Å². The molecule has 0 saturated heterocycles. The Morgan fingerprint density at radius 1 is 1.75 bits per heavy atom. The zero-order valence-electron chi connectivity index (χ0n) is 7.43. The largest absolute Gasteiger partial charge is 0.469 e. The molecule has 0 radical (unpaired) electrons. The van der Waals surface area contributed by atoms with Crippen molar-refractivity contribution in [2.75, 3.05) is 7.11 Å². The van der Waals surface area contributed by atoms with Crippen LogP contribution < -0.4 is 0 Å². The summed E-state index contributed by atoms with van der Waals surface area (Å²) < 4.78 is 4.47. The zero-order valence-corrected chi connectivity index (χ0v) is 8.18. The van der Waals surface area contributed by atoms with Crippen LogP contribution >= 0.6 is 11.6 Å². The van der Waals surface area contributed by atoms with Crippen LogP contribution in [0.25, 0.3) is 0 Å². The summed E-state index contributed by atoms with van der Waals surface area (Å²) in [5.74, 6) is -0.346. The summed E-state index contributed by atoms with van der Waals surface area (Å²) >= 11 is 5.69. The van der Waals surface area contributed by atoms with E-state index in [1.807, 2.05) is 6.07 Å². The minimum atomic E-state index is -0.670. The molecule has 4 heteroatoms. The van der Waals surface area contributed by atoms with E-state index in [2.05, 4.69) is 4.74 Å². The van der Waals surface area contributed by atoms with Crippen molar-refractivity contribution in [3.63, 3.8) is 0 Å². The molecule has 3 nitrogen and oxygen atoms in total. The first-order chi connectivity index (χ1) is 5.44. The number of ether oxygens (including phenoxy) is 1. The van der Waals surface area contributed by atoms with Gasteiger partial charge in [0.1, 0.15) is 5.38 Å². The Labute approximate surface area is 77.3 Å². The van der Waals surface area contributed by atoms with Crippen molar-refractivity contribution in [1.29, 1.82) is 5.26 Å². The maximum absolute atomic E-state index is 10.9. The van der Waals surface area contributed by atoms with Gasteiger partial charge in [0.25, 0.3) is 0 Å². The second-order valence-electron chi connectivity index (χ2n) is 3.23. The third-order valence-electron chi connectivity index (χ3n) is 1.63. The Hall–Kier alpha value is -0.750. The van der Waals surface area contributed by atoms with E-state index in [-0.39, 0.29) is 12.4 Å². The van der Waals surface area contributed by atoms with Crippen LogP contribution in [0.2, 0.25) is 0 Å². The molecule has 0 amide bonds. The molecule has 0 N–H and O–H groups in total. The van der Waals surface area contributed by atoms with Gasteiger partial charge in [-0.05, 0) is 0 Å². The highest BCUT2D eigenvalue weighted by molar-refractivity contribution is 6.22. The molecule has 0 rings (SSSR count). The third kappa shape index (κ3) is 3.10. The summed E-state index contributed by atoms with van der Waals surface area (Å²) in [7, 11) is 1.31. The van der Waals surface area contributed by atoms with Gasteiger partial charge in [-0.2, -0.15) is 5.26 Å². The van der Waals surface area contributed by atoms with Crippen LogP contribution in [0, 0.1) is 16.7 Å². The van der Waals surface area contributed by atoms with Crippen molar-refractivity contribution in [2.45, 2.75) is 25.6 Å². The first-order valence-electron chi connectivity index (χ1n) is 3.54. The predicted molar refractivity (Wildman–Crippen MR) is 45.7 cm³/mol. The lowest BCUT2D eigenvalue weighted by molar-refractivity contribution is -0.142. The standard InChI is InChI=1S/C8H12ClNO2/c1-8(2,6(9)5-10)4-7(11)12-3/h6H,4H2,1-3H3. The molecule has 1 unspecified atom stereocenters. The molecule has 1 atom stereocenters. The smallest absolute Gasteiger partial charge is 0.306 e. The van der Waals surface area contributed by atoms with Gasteiger partial charge in [-0.3, -0.25) is 4.79 Å². The maximum atomic E-state index is 10.9. The molecule has 0 saturated carbocycles. The van der Waals surface area contributed by atoms with Gasteiger partial charge >= 0.3 is 5.97 Å². The highest BCUT2D eigenvalue weighted by atomic mass is 35.5. The highest BCUT2D eigenvalue weighted by Gasteiger charge is 2.30. The molecule has 0 aromatic heterocycles. The Morgan fingerprint density at radius 2 is 2.25 bits per heavy atom. The lowest BCUT2D eigenvalue weighted by Crippen LogP contribution is -2.27. The van der Waals surface area contributed by atoms with E-state index < -0.39 is 10.8 Å². The fourth-order valence-electron chi connectivity index (χ4n) is 0.709. The molecule has 0 spiro atoms. The van der Waals surface area contributed by atoms with E-state index in [1.165, 1.54) is 7.11 Å². The summed E-state index contributed by atoms with van der Waals surface area (Å²) in [5.41, 5.74) is -0.538. The van der Waals surface area contributed by atoms with Crippen LogP contribution in [-0.4, -0.2) is 18.5 Å². The molecular formula is C8H12ClNO2. The van der Waals surface area contributed by atoms with Gasteiger partial charge in [0, 0.05) is 5.41 Å². The highest BCUT2D eigenvalue weighted by Crippen LogP contribution is 2.29. The summed E-state index contributed by atoms with van der Waals surface area (Å²) in [6.07, 6.45) is 0.158. The lowest BCUT2D eigenvalue weighted by Gasteiger charge is -2.23. The second kappa shape index (κ2) is 4.32. The summed E-state index contributed by atoms with van der Waals surface area (Å²) in [6.45, 7) is 3.51. The Kier molecular flexibility index (Phi) is 4.05. The van der Waals surface area contributed by atoms with E-state index in [4.69, 9.17) is 16.9 Å². The van der Waals surface area contributed by atoms with Gasteiger partial charge in [0.2, 0.25) is 0 Å². The van der Waals surface area contributed by atoms with E-state index in [0.717, 1.165) is 0 Å². The predicted octanol–water partition coefficient (Wildman–Crippen LogP) is 1.71. The number of carbonyl (C=O) groups is 1. The van der Waals surface area contributed by atoms with Gasteiger partial charge in [0.05, 0.1) is 19.6 Å². The van der Waals surface area contributed by atoms with Crippen LogP contribution in [0.5, 0.6) is 0 Å². The molecule has 0 aliphatic carbocycles. The van der Waals surface area contributed by atoms with Crippen LogP contribution in [0.3, 0.4) is 0 Å². The molecule has 0 heterocycles. The van der Waals surface area contributed by atoms with E-state index in [9.17, 15) is 4.79 Å².